The molecule has 1 amide bonds. The van der Waals surface area contributed by atoms with Gasteiger partial charge in [0.2, 0.25) is 5.91 Å². The Hall–Kier alpha value is -2.09. The number of likely N-dealkylation sites (N-methyl/N-ethyl adjacent to an activating group) is 1. The number of nitrogens with zero attached hydrogens (tertiary/aromatic N) is 1. The smallest absolute Gasteiger partial charge is 0.237 e. The summed E-state index contributed by atoms with van der Waals surface area (Å²) in [7, 11) is 1.84. The quantitative estimate of drug-likeness (QED) is 0.819. The van der Waals surface area contributed by atoms with Crippen molar-refractivity contribution in [2.24, 2.45) is 0 Å². The largest absolute Gasteiger partial charge is 0.315 e. The van der Waals surface area contributed by atoms with Crippen LogP contribution in [-0.4, -0.2) is 13.0 Å². The zero-order valence-electron chi connectivity index (χ0n) is 12.3. The summed E-state index contributed by atoms with van der Waals surface area (Å²) in [5, 5.41) is 0. The SMILES string of the molecule is CC[C@](C)(C(=O)N(C)c1ccccc1)c1ccccc1. The van der Waals surface area contributed by atoms with Gasteiger partial charge in [-0.05, 0) is 31.0 Å². The van der Waals surface area contributed by atoms with E-state index in [-0.39, 0.29) is 5.91 Å². The fourth-order valence-corrected chi connectivity index (χ4v) is 2.42. The van der Waals surface area contributed by atoms with Gasteiger partial charge in [-0.25, -0.2) is 0 Å². The Labute approximate surface area is 121 Å². The summed E-state index contributed by atoms with van der Waals surface area (Å²) in [4.78, 5) is 14.7. The highest BCUT2D eigenvalue weighted by molar-refractivity contribution is 6.00. The van der Waals surface area contributed by atoms with Crippen molar-refractivity contribution in [2.45, 2.75) is 25.7 Å². The number of carbonyl (C=O) groups excluding carboxylic acids is 1. The van der Waals surface area contributed by atoms with Crippen LogP contribution in [0.3, 0.4) is 0 Å². The van der Waals surface area contributed by atoms with Gasteiger partial charge >= 0.3 is 0 Å². The second-order valence-electron chi connectivity index (χ2n) is 5.25. The van der Waals surface area contributed by atoms with Gasteiger partial charge in [0.15, 0.2) is 0 Å². The van der Waals surface area contributed by atoms with Gasteiger partial charge < -0.3 is 4.90 Å². The van der Waals surface area contributed by atoms with Crippen LogP contribution >= 0.6 is 0 Å². The highest BCUT2D eigenvalue weighted by atomic mass is 16.2. The Morgan fingerprint density at radius 3 is 2.00 bits per heavy atom. The lowest BCUT2D eigenvalue weighted by Gasteiger charge is -2.32. The first-order valence-corrected chi connectivity index (χ1v) is 6.98. The number of hydrogen-bond acceptors (Lipinski definition) is 1. The molecule has 2 nitrogen and oxygen atoms in total. The summed E-state index contributed by atoms with van der Waals surface area (Å²) >= 11 is 0. The average molecular weight is 267 g/mol. The number of benzene rings is 2. The fraction of sp³-hybridized carbons (Fsp3) is 0.278. The molecule has 2 heteroatoms. The number of carbonyl (C=O) groups is 1. The van der Waals surface area contributed by atoms with E-state index in [1.54, 1.807) is 4.90 Å². The molecule has 0 aromatic heterocycles. The van der Waals surface area contributed by atoms with E-state index in [1.165, 1.54) is 0 Å². The maximum atomic E-state index is 12.9. The Morgan fingerprint density at radius 1 is 1.00 bits per heavy atom. The van der Waals surface area contributed by atoms with Crippen molar-refractivity contribution >= 4 is 11.6 Å². The minimum absolute atomic E-state index is 0.123. The zero-order chi connectivity index (χ0) is 14.6. The van der Waals surface area contributed by atoms with E-state index < -0.39 is 5.41 Å². The monoisotopic (exact) mass is 267 g/mol. The third-order valence-corrected chi connectivity index (χ3v) is 4.04. The summed E-state index contributed by atoms with van der Waals surface area (Å²) in [6.45, 7) is 4.08. The summed E-state index contributed by atoms with van der Waals surface area (Å²) in [5.74, 6) is 0.123. The van der Waals surface area contributed by atoms with Crippen LogP contribution in [-0.2, 0) is 10.2 Å². The lowest BCUT2D eigenvalue weighted by Crippen LogP contribution is -2.43. The van der Waals surface area contributed by atoms with E-state index in [0.29, 0.717) is 0 Å². The van der Waals surface area contributed by atoms with Crippen molar-refractivity contribution in [3.05, 3.63) is 66.2 Å². The Morgan fingerprint density at radius 2 is 1.50 bits per heavy atom. The molecule has 0 aliphatic heterocycles. The zero-order valence-corrected chi connectivity index (χ0v) is 12.3. The maximum absolute atomic E-state index is 12.9. The highest BCUT2D eigenvalue weighted by Gasteiger charge is 2.35. The number of anilines is 1. The van der Waals surface area contributed by atoms with Crippen molar-refractivity contribution in [2.75, 3.05) is 11.9 Å². The van der Waals surface area contributed by atoms with Crippen molar-refractivity contribution in [1.82, 2.24) is 0 Å². The standard InChI is InChI=1S/C18H21NO/c1-4-18(2,15-11-7-5-8-12-15)17(20)19(3)16-13-9-6-10-14-16/h5-14H,4H2,1-3H3/t18-/m0/s1. The van der Waals surface area contributed by atoms with E-state index in [4.69, 9.17) is 0 Å². The summed E-state index contributed by atoms with van der Waals surface area (Å²) in [6, 6.07) is 19.8. The van der Waals surface area contributed by atoms with Gasteiger partial charge in [0.1, 0.15) is 0 Å². The molecule has 0 spiro atoms. The molecular formula is C18H21NO. The van der Waals surface area contributed by atoms with E-state index in [0.717, 1.165) is 17.7 Å². The van der Waals surface area contributed by atoms with E-state index in [2.05, 4.69) is 6.92 Å². The van der Waals surface area contributed by atoms with Gasteiger partial charge in [0, 0.05) is 12.7 Å². The molecular weight excluding hydrogens is 246 g/mol. The van der Waals surface area contributed by atoms with E-state index >= 15 is 0 Å². The van der Waals surface area contributed by atoms with E-state index in [9.17, 15) is 4.79 Å². The lowest BCUT2D eigenvalue weighted by atomic mass is 9.78. The first kappa shape index (κ1) is 14.3. The van der Waals surface area contributed by atoms with Crippen LogP contribution in [0.4, 0.5) is 5.69 Å². The number of rotatable bonds is 4. The van der Waals surface area contributed by atoms with Crippen molar-refractivity contribution < 1.29 is 4.79 Å². The Kier molecular flexibility index (Phi) is 4.23. The van der Waals surface area contributed by atoms with Crippen molar-refractivity contribution in [3.8, 4) is 0 Å². The molecule has 0 saturated heterocycles. The molecule has 2 aromatic rings. The molecule has 1 atom stereocenters. The molecule has 0 bridgehead atoms. The predicted molar refractivity (Wildman–Crippen MR) is 83.9 cm³/mol. The minimum Gasteiger partial charge on any atom is -0.315 e. The molecule has 0 N–H and O–H groups in total. The Bertz CT molecular complexity index is 564. The van der Waals surface area contributed by atoms with Crippen LogP contribution < -0.4 is 4.90 Å². The third kappa shape index (κ3) is 2.60. The summed E-state index contributed by atoms with van der Waals surface area (Å²) in [5.41, 5.74) is 1.50. The lowest BCUT2D eigenvalue weighted by molar-refractivity contribution is -0.123. The molecule has 0 aliphatic rings. The molecule has 0 fully saturated rings. The molecule has 2 aromatic carbocycles. The van der Waals surface area contributed by atoms with Gasteiger partial charge in [0.25, 0.3) is 0 Å². The van der Waals surface area contributed by atoms with Gasteiger partial charge in [-0.3, -0.25) is 4.79 Å². The van der Waals surface area contributed by atoms with Crippen molar-refractivity contribution in [3.63, 3.8) is 0 Å². The molecule has 2 rings (SSSR count). The third-order valence-electron chi connectivity index (χ3n) is 4.04. The van der Waals surface area contributed by atoms with Gasteiger partial charge in [0.05, 0.1) is 5.41 Å². The topological polar surface area (TPSA) is 20.3 Å². The first-order valence-electron chi connectivity index (χ1n) is 6.98. The maximum Gasteiger partial charge on any atom is 0.237 e. The number of amides is 1. The minimum atomic E-state index is -0.494. The summed E-state index contributed by atoms with van der Waals surface area (Å²) < 4.78 is 0. The van der Waals surface area contributed by atoms with Gasteiger partial charge in [-0.1, -0.05) is 55.5 Å². The molecule has 0 unspecified atom stereocenters. The second kappa shape index (κ2) is 5.91. The molecule has 104 valence electrons. The fourth-order valence-electron chi connectivity index (χ4n) is 2.42. The number of hydrogen-bond donors (Lipinski definition) is 0. The van der Waals surface area contributed by atoms with E-state index in [1.807, 2.05) is 74.6 Å². The molecule has 0 saturated carbocycles. The van der Waals surface area contributed by atoms with Crippen LogP contribution in [0.1, 0.15) is 25.8 Å². The molecule has 20 heavy (non-hydrogen) atoms. The van der Waals surface area contributed by atoms with Gasteiger partial charge in [-0.15, -0.1) is 0 Å². The van der Waals surface area contributed by atoms with Crippen LogP contribution in [0, 0.1) is 0 Å². The normalized spacial score (nSPS) is 13.6. The van der Waals surface area contributed by atoms with Crippen LogP contribution in [0.15, 0.2) is 60.7 Å². The highest BCUT2D eigenvalue weighted by Crippen LogP contribution is 2.31. The predicted octanol–water partition coefficient (Wildman–Crippen LogP) is 4.02. The number of para-hydroxylation sites is 1. The van der Waals surface area contributed by atoms with Crippen molar-refractivity contribution in [1.29, 1.82) is 0 Å². The second-order valence-corrected chi connectivity index (χ2v) is 5.25. The van der Waals surface area contributed by atoms with Crippen LogP contribution in [0.25, 0.3) is 0 Å². The van der Waals surface area contributed by atoms with Crippen LogP contribution in [0.5, 0.6) is 0 Å². The Balaban J connectivity index is 2.35. The molecule has 0 radical (unpaired) electrons. The molecule has 0 aliphatic carbocycles. The van der Waals surface area contributed by atoms with Crippen LogP contribution in [0.2, 0.25) is 0 Å². The summed E-state index contributed by atoms with van der Waals surface area (Å²) in [6.07, 6.45) is 0.771. The van der Waals surface area contributed by atoms with Gasteiger partial charge in [-0.2, -0.15) is 0 Å². The molecule has 0 heterocycles. The average Bonchev–Trinajstić information content (AvgIpc) is 2.54. The first-order chi connectivity index (χ1) is 9.59.